The predicted octanol–water partition coefficient (Wildman–Crippen LogP) is 4.94. The summed E-state index contributed by atoms with van der Waals surface area (Å²) in [5.74, 6) is -0.0703. The van der Waals surface area contributed by atoms with Gasteiger partial charge in [0.2, 0.25) is 11.8 Å². The van der Waals surface area contributed by atoms with E-state index in [1.807, 2.05) is 6.92 Å². The molecule has 0 aromatic heterocycles. The molecule has 1 aromatic carbocycles. The topological polar surface area (TPSA) is 129 Å². The zero-order chi connectivity index (χ0) is 29.8. The van der Waals surface area contributed by atoms with Crippen LogP contribution >= 0.6 is 0 Å². The van der Waals surface area contributed by atoms with E-state index in [4.69, 9.17) is 5.73 Å². The van der Waals surface area contributed by atoms with Crippen LogP contribution in [0.4, 0.5) is 0 Å². The lowest BCUT2D eigenvalue weighted by molar-refractivity contribution is -0.129. The third-order valence-corrected chi connectivity index (χ3v) is 7.35. The number of benzene rings is 1. The van der Waals surface area contributed by atoms with Gasteiger partial charge in [0.05, 0.1) is 0 Å². The van der Waals surface area contributed by atoms with Crippen molar-refractivity contribution in [1.82, 2.24) is 21.3 Å². The van der Waals surface area contributed by atoms with Gasteiger partial charge < -0.3 is 32.1 Å². The van der Waals surface area contributed by atoms with Crippen LogP contribution in [0.2, 0.25) is 0 Å². The Labute approximate surface area is 250 Å². The molecule has 0 aliphatic carbocycles. The second-order valence-electron chi connectivity index (χ2n) is 11.3. The zero-order valence-electron chi connectivity index (χ0n) is 26.0. The summed E-state index contributed by atoms with van der Waals surface area (Å²) in [6.07, 6.45) is 18.7. The summed E-state index contributed by atoms with van der Waals surface area (Å²) in [4.78, 5) is 24.9. The second kappa shape index (κ2) is 26.7. The molecule has 236 valence electrons. The fourth-order valence-electron chi connectivity index (χ4n) is 4.84. The summed E-state index contributed by atoms with van der Waals surface area (Å²) >= 11 is 0. The molecule has 1 atom stereocenters. The Morgan fingerprint density at radius 1 is 0.707 bits per heavy atom. The van der Waals surface area contributed by atoms with Gasteiger partial charge in [0.25, 0.3) is 0 Å². The van der Waals surface area contributed by atoms with Crippen LogP contribution < -0.4 is 27.0 Å². The number of nitrogens with two attached hydrogens (primary N) is 1. The lowest BCUT2D eigenvalue weighted by Gasteiger charge is -2.19. The van der Waals surface area contributed by atoms with Crippen LogP contribution in [0.5, 0.6) is 5.75 Å². The van der Waals surface area contributed by atoms with Crippen LogP contribution in [0, 0.1) is 0 Å². The predicted molar refractivity (Wildman–Crippen MR) is 171 cm³/mol. The normalized spacial score (nSPS) is 11.9. The van der Waals surface area contributed by atoms with Gasteiger partial charge >= 0.3 is 0 Å². The molecule has 41 heavy (non-hydrogen) atoms. The lowest BCUT2D eigenvalue weighted by atomic mass is 10.0. The van der Waals surface area contributed by atoms with Gasteiger partial charge in [-0.15, -0.1) is 0 Å². The van der Waals surface area contributed by atoms with E-state index in [0.29, 0.717) is 19.4 Å². The molecule has 0 unspecified atom stereocenters. The van der Waals surface area contributed by atoms with Crippen molar-refractivity contribution in [1.29, 1.82) is 0 Å². The Morgan fingerprint density at radius 2 is 1.17 bits per heavy atom. The van der Waals surface area contributed by atoms with E-state index in [1.54, 1.807) is 24.3 Å². The number of hydrogen-bond acceptors (Lipinski definition) is 6. The third-order valence-electron chi connectivity index (χ3n) is 7.35. The quantitative estimate of drug-likeness (QED) is 0.0786. The first kappa shape index (κ1) is 36.9. The highest BCUT2D eigenvalue weighted by Crippen LogP contribution is 2.12. The van der Waals surface area contributed by atoms with Crippen LogP contribution in [-0.4, -0.2) is 62.2 Å². The van der Waals surface area contributed by atoms with Crippen LogP contribution in [0.3, 0.4) is 0 Å². The molecule has 0 saturated heterocycles. The van der Waals surface area contributed by atoms with Gasteiger partial charge in [-0.05, 0) is 95.4 Å². The first-order valence-electron chi connectivity index (χ1n) is 16.5. The molecule has 7 N–H and O–H groups in total. The monoisotopic (exact) mass is 575 g/mol. The van der Waals surface area contributed by atoms with Crippen LogP contribution in [-0.2, 0) is 16.0 Å². The van der Waals surface area contributed by atoms with Gasteiger partial charge in [-0.1, -0.05) is 70.4 Å². The SMILES string of the molecule is CCCC(=O)N[C@@H](Cc1ccc(O)cc1)C(=O)NCCCCCCNCCCCCCCCNCCCCCCN. The minimum Gasteiger partial charge on any atom is -0.508 e. The number of carbonyl (C=O) groups excluding carboxylic acids is 2. The Hall–Kier alpha value is -2.16. The van der Waals surface area contributed by atoms with Crippen molar-refractivity contribution >= 4 is 11.8 Å². The molecule has 0 aliphatic rings. The van der Waals surface area contributed by atoms with Gasteiger partial charge in [0.15, 0.2) is 0 Å². The molecule has 8 heteroatoms. The van der Waals surface area contributed by atoms with Crippen LogP contribution in [0.1, 0.15) is 115 Å². The highest BCUT2D eigenvalue weighted by atomic mass is 16.3. The highest BCUT2D eigenvalue weighted by Gasteiger charge is 2.20. The maximum absolute atomic E-state index is 12.8. The second-order valence-corrected chi connectivity index (χ2v) is 11.3. The van der Waals surface area contributed by atoms with E-state index < -0.39 is 6.04 Å². The van der Waals surface area contributed by atoms with Gasteiger partial charge in [0.1, 0.15) is 11.8 Å². The molecule has 8 nitrogen and oxygen atoms in total. The standard InChI is InChI=1S/C33H61N5O3/c1-2-17-32(40)38-31(28-29-18-20-30(39)21-19-29)33(41)37-27-16-10-9-15-26-36-24-13-7-4-3-6-12-23-35-25-14-8-5-11-22-34/h18-21,31,35-36,39H,2-17,22-28,34H2,1H3,(H,37,41)(H,38,40)/t31-/m0/s1. The molecule has 0 aliphatic heterocycles. The maximum atomic E-state index is 12.8. The Kier molecular flexibility index (Phi) is 24.0. The molecule has 0 bridgehead atoms. The molecule has 2 amide bonds. The Morgan fingerprint density at radius 3 is 1.66 bits per heavy atom. The summed E-state index contributed by atoms with van der Waals surface area (Å²) in [7, 11) is 0. The van der Waals surface area contributed by atoms with Crippen LogP contribution in [0.15, 0.2) is 24.3 Å². The lowest BCUT2D eigenvalue weighted by Crippen LogP contribution is -2.48. The van der Waals surface area contributed by atoms with Crippen LogP contribution in [0.25, 0.3) is 0 Å². The van der Waals surface area contributed by atoms with Crippen molar-refractivity contribution in [3.05, 3.63) is 29.8 Å². The summed E-state index contributed by atoms with van der Waals surface area (Å²) in [6, 6.07) is 6.16. The number of phenolic OH excluding ortho intramolecular Hbond substituents is 1. The molecular formula is C33H61N5O3. The van der Waals surface area contributed by atoms with Crippen molar-refractivity contribution in [3.63, 3.8) is 0 Å². The van der Waals surface area contributed by atoms with E-state index in [-0.39, 0.29) is 17.6 Å². The number of nitrogens with one attached hydrogen (secondary N) is 4. The maximum Gasteiger partial charge on any atom is 0.242 e. The highest BCUT2D eigenvalue weighted by molar-refractivity contribution is 5.87. The fraction of sp³-hybridized carbons (Fsp3) is 0.758. The molecule has 0 spiro atoms. The van der Waals surface area contributed by atoms with Gasteiger partial charge in [-0.2, -0.15) is 0 Å². The van der Waals surface area contributed by atoms with Gasteiger partial charge in [0, 0.05) is 19.4 Å². The van der Waals surface area contributed by atoms with Gasteiger partial charge in [-0.3, -0.25) is 9.59 Å². The van der Waals surface area contributed by atoms with E-state index in [0.717, 1.165) is 76.8 Å². The van der Waals surface area contributed by atoms with Crippen molar-refractivity contribution in [3.8, 4) is 5.75 Å². The first-order chi connectivity index (χ1) is 20.1. The number of hydrogen-bond donors (Lipinski definition) is 6. The summed E-state index contributed by atoms with van der Waals surface area (Å²) in [5, 5.41) is 22.5. The Bertz CT molecular complexity index is 760. The smallest absolute Gasteiger partial charge is 0.242 e. The van der Waals surface area contributed by atoms with Crippen molar-refractivity contribution < 1.29 is 14.7 Å². The van der Waals surface area contributed by atoms with Gasteiger partial charge in [-0.25, -0.2) is 0 Å². The van der Waals surface area contributed by atoms with Crippen molar-refractivity contribution in [2.24, 2.45) is 5.73 Å². The molecule has 0 fully saturated rings. The Balaban J connectivity index is 1.96. The van der Waals surface area contributed by atoms with E-state index in [2.05, 4.69) is 21.3 Å². The molecule has 1 rings (SSSR count). The fourth-order valence-corrected chi connectivity index (χ4v) is 4.84. The molecule has 0 radical (unpaired) electrons. The number of carbonyl (C=O) groups is 2. The van der Waals surface area contributed by atoms with E-state index in [1.165, 1.54) is 57.8 Å². The number of rotatable bonds is 28. The van der Waals surface area contributed by atoms with Crippen molar-refractivity contribution in [2.45, 2.75) is 122 Å². The zero-order valence-corrected chi connectivity index (χ0v) is 26.0. The van der Waals surface area contributed by atoms with E-state index in [9.17, 15) is 14.7 Å². The average Bonchev–Trinajstić information content (AvgIpc) is 2.96. The summed E-state index contributed by atoms with van der Waals surface area (Å²) < 4.78 is 0. The minimum atomic E-state index is -0.605. The molecular weight excluding hydrogens is 514 g/mol. The van der Waals surface area contributed by atoms with Crippen molar-refractivity contribution in [2.75, 3.05) is 39.3 Å². The molecule has 1 aromatic rings. The summed E-state index contributed by atoms with van der Waals surface area (Å²) in [6.45, 7) is 7.86. The number of amides is 2. The number of phenols is 1. The molecule has 0 heterocycles. The number of unbranched alkanes of at least 4 members (excludes halogenated alkanes) is 11. The summed E-state index contributed by atoms with van der Waals surface area (Å²) in [5.41, 5.74) is 6.42. The third kappa shape index (κ3) is 22.2. The first-order valence-corrected chi connectivity index (χ1v) is 16.5. The van der Waals surface area contributed by atoms with E-state index >= 15 is 0 Å². The average molecular weight is 576 g/mol. The largest absolute Gasteiger partial charge is 0.508 e. The molecule has 0 saturated carbocycles. The minimum absolute atomic E-state index is 0.109. The number of aromatic hydroxyl groups is 1.